The highest BCUT2D eigenvalue weighted by atomic mass is 16.5. The van der Waals surface area contributed by atoms with Crippen LogP contribution < -0.4 is 10.1 Å². The molecule has 0 aliphatic heterocycles. The number of aliphatic hydroxyl groups excluding tert-OH is 1. The standard InChI is InChI=1S/C14H21NO3/c1-4-13(14(17)15-5-6-16)18-12-8-10(2)7-11(3)9-12/h7-9,13,16H,4-6H2,1-3H3,(H,15,17). The van der Waals surface area contributed by atoms with E-state index < -0.39 is 6.10 Å². The summed E-state index contributed by atoms with van der Waals surface area (Å²) >= 11 is 0. The molecule has 1 aromatic rings. The summed E-state index contributed by atoms with van der Waals surface area (Å²) in [4.78, 5) is 11.8. The zero-order valence-corrected chi connectivity index (χ0v) is 11.2. The van der Waals surface area contributed by atoms with Crippen molar-refractivity contribution in [3.05, 3.63) is 29.3 Å². The number of hydrogen-bond acceptors (Lipinski definition) is 3. The third kappa shape index (κ3) is 4.37. The van der Waals surface area contributed by atoms with Gasteiger partial charge in [0, 0.05) is 6.54 Å². The maximum absolute atomic E-state index is 11.8. The molecule has 0 bridgehead atoms. The van der Waals surface area contributed by atoms with E-state index in [0.717, 1.165) is 11.1 Å². The van der Waals surface area contributed by atoms with E-state index in [1.807, 2.05) is 32.9 Å². The van der Waals surface area contributed by atoms with Crippen molar-refractivity contribution in [3.8, 4) is 5.75 Å². The van der Waals surface area contributed by atoms with Crippen molar-refractivity contribution in [1.29, 1.82) is 0 Å². The number of aliphatic hydroxyl groups is 1. The normalized spacial score (nSPS) is 12.0. The minimum absolute atomic E-state index is 0.0638. The maximum atomic E-state index is 11.8. The molecule has 1 aromatic carbocycles. The average molecular weight is 251 g/mol. The second kappa shape index (κ2) is 7.01. The van der Waals surface area contributed by atoms with E-state index in [1.165, 1.54) is 0 Å². The molecule has 0 aromatic heterocycles. The van der Waals surface area contributed by atoms with Crippen LogP contribution >= 0.6 is 0 Å². The van der Waals surface area contributed by atoms with E-state index in [1.54, 1.807) is 0 Å². The molecule has 4 nitrogen and oxygen atoms in total. The van der Waals surface area contributed by atoms with E-state index in [9.17, 15) is 4.79 Å². The zero-order chi connectivity index (χ0) is 13.5. The maximum Gasteiger partial charge on any atom is 0.261 e. The van der Waals surface area contributed by atoms with Gasteiger partial charge >= 0.3 is 0 Å². The monoisotopic (exact) mass is 251 g/mol. The quantitative estimate of drug-likeness (QED) is 0.807. The Kier molecular flexibility index (Phi) is 5.65. The highest BCUT2D eigenvalue weighted by Crippen LogP contribution is 2.18. The molecule has 1 rings (SSSR count). The summed E-state index contributed by atoms with van der Waals surface area (Å²) in [6.07, 6.45) is 0.0716. The molecule has 0 saturated heterocycles. The molecule has 100 valence electrons. The Morgan fingerprint density at radius 2 is 1.94 bits per heavy atom. The SMILES string of the molecule is CCC(Oc1cc(C)cc(C)c1)C(=O)NCCO. The first-order valence-electron chi connectivity index (χ1n) is 6.20. The predicted octanol–water partition coefficient (Wildman–Crippen LogP) is 1.57. The Labute approximate surface area is 108 Å². The molecule has 0 spiro atoms. The molecule has 0 saturated carbocycles. The minimum Gasteiger partial charge on any atom is -0.481 e. The van der Waals surface area contributed by atoms with Gasteiger partial charge in [-0.25, -0.2) is 0 Å². The second-order valence-electron chi connectivity index (χ2n) is 4.35. The van der Waals surface area contributed by atoms with Crippen LogP contribution in [-0.2, 0) is 4.79 Å². The van der Waals surface area contributed by atoms with Gasteiger partial charge in [0.05, 0.1) is 6.61 Å². The topological polar surface area (TPSA) is 58.6 Å². The van der Waals surface area contributed by atoms with E-state index in [-0.39, 0.29) is 19.1 Å². The van der Waals surface area contributed by atoms with Crippen LogP contribution in [-0.4, -0.2) is 30.3 Å². The summed E-state index contributed by atoms with van der Waals surface area (Å²) in [5.74, 6) is 0.518. The van der Waals surface area contributed by atoms with Gasteiger partial charge in [-0.05, 0) is 43.5 Å². The van der Waals surface area contributed by atoms with Gasteiger partial charge in [0.25, 0.3) is 5.91 Å². The summed E-state index contributed by atoms with van der Waals surface area (Å²) in [5, 5.41) is 11.3. The number of benzene rings is 1. The lowest BCUT2D eigenvalue weighted by molar-refractivity contribution is -0.128. The Morgan fingerprint density at radius 1 is 1.33 bits per heavy atom. The third-order valence-corrected chi connectivity index (χ3v) is 2.55. The first kappa shape index (κ1) is 14.5. The lowest BCUT2D eigenvalue weighted by Gasteiger charge is -2.17. The van der Waals surface area contributed by atoms with Crippen LogP contribution in [0.15, 0.2) is 18.2 Å². The molecule has 1 unspecified atom stereocenters. The van der Waals surface area contributed by atoms with Crippen molar-refractivity contribution in [3.63, 3.8) is 0 Å². The van der Waals surface area contributed by atoms with Crippen LogP contribution in [0.2, 0.25) is 0 Å². The van der Waals surface area contributed by atoms with Crippen LogP contribution in [0.5, 0.6) is 5.75 Å². The Morgan fingerprint density at radius 3 is 2.44 bits per heavy atom. The van der Waals surface area contributed by atoms with Gasteiger partial charge < -0.3 is 15.2 Å². The Hall–Kier alpha value is -1.55. The molecule has 0 fully saturated rings. The molecule has 1 atom stereocenters. The number of carbonyl (C=O) groups excluding carboxylic acids is 1. The second-order valence-corrected chi connectivity index (χ2v) is 4.35. The molecular weight excluding hydrogens is 230 g/mol. The fraction of sp³-hybridized carbons (Fsp3) is 0.500. The number of nitrogens with one attached hydrogen (secondary N) is 1. The van der Waals surface area contributed by atoms with Crippen LogP contribution in [0, 0.1) is 13.8 Å². The van der Waals surface area contributed by atoms with E-state index in [0.29, 0.717) is 12.2 Å². The fourth-order valence-electron chi connectivity index (χ4n) is 1.78. The van der Waals surface area contributed by atoms with Gasteiger partial charge in [0.2, 0.25) is 0 Å². The predicted molar refractivity (Wildman–Crippen MR) is 70.7 cm³/mol. The fourth-order valence-corrected chi connectivity index (χ4v) is 1.78. The summed E-state index contributed by atoms with van der Waals surface area (Å²) < 4.78 is 5.69. The summed E-state index contributed by atoms with van der Waals surface area (Å²) in [5.41, 5.74) is 2.21. The van der Waals surface area contributed by atoms with Crippen LogP contribution in [0.25, 0.3) is 0 Å². The van der Waals surface area contributed by atoms with Crippen molar-refractivity contribution in [2.75, 3.05) is 13.2 Å². The van der Waals surface area contributed by atoms with Gasteiger partial charge in [-0.1, -0.05) is 13.0 Å². The number of aryl methyl sites for hydroxylation is 2. The largest absolute Gasteiger partial charge is 0.481 e. The molecular formula is C14H21NO3. The number of hydrogen-bond donors (Lipinski definition) is 2. The van der Waals surface area contributed by atoms with Gasteiger partial charge in [-0.15, -0.1) is 0 Å². The summed E-state index contributed by atoms with van der Waals surface area (Å²) in [6.45, 7) is 6.07. The smallest absolute Gasteiger partial charge is 0.261 e. The first-order chi connectivity index (χ1) is 8.56. The van der Waals surface area contributed by atoms with Crippen molar-refractivity contribution >= 4 is 5.91 Å². The minimum atomic E-state index is -0.516. The molecule has 0 heterocycles. The molecule has 0 radical (unpaired) electrons. The number of amides is 1. The van der Waals surface area contributed by atoms with Crippen molar-refractivity contribution in [1.82, 2.24) is 5.32 Å². The van der Waals surface area contributed by atoms with Crippen molar-refractivity contribution < 1.29 is 14.6 Å². The number of rotatable bonds is 6. The zero-order valence-electron chi connectivity index (χ0n) is 11.2. The van der Waals surface area contributed by atoms with E-state index in [4.69, 9.17) is 9.84 Å². The summed E-state index contributed by atoms with van der Waals surface area (Å²) in [7, 11) is 0. The van der Waals surface area contributed by atoms with Crippen LogP contribution in [0.3, 0.4) is 0 Å². The first-order valence-corrected chi connectivity index (χ1v) is 6.20. The number of ether oxygens (including phenoxy) is 1. The molecule has 1 amide bonds. The molecule has 18 heavy (non-hydrogen) atoms. The molecule has 4 heteroatoms. The van der Waals surface area contributed by atoms with Crippen molar-refractivity contribution in [2.24, 2.45) is 0 Å². The van der Waals surface area contributed by atoms with E-state index in [2.05, 4.69) is 11.4 Å². The van der Waals surface area contributed by atoms with Crippen LogP contribution in [0.1, 0.15) is 24.5 Å². The highest BCUT2D eigenvalue weighted by molar-refractivity contribution is 5.81. The van der Waals surface area contributed by atoms with E-state index >= 15 is 0 Å². The lowest BCUT2D eigenvalue weighted by Crippen LogP contribution is -2.39. The average Bonchev–Trinajstić information content (AvgIpc) is 2.31. The third-order valence-electron chi connectivity index (χ3n) is 2.55. The van der Waals surface area contributed by atoms with Gasteiger partial charge in [-0.2, -0.15) is 0 Å². The van der Waals surface area contributed by atoms with Gasteiger partial charge in [0.15, 0.2) is 6.10 Å². The lowest BCUT2D eigenvalue weighted by atomic mass is 10.1. The van der Waals surface area contributed by atoms with Crippen molar-refractivity contribution in [2.45, 2.75) is 33.3 Å². The number of carbonyl (C=O) groups is 1. The summed E-state index contributed by atoms with van der Waals surface area (Å²) in [6, 6.07) is 5.88. The molecule has 0 aliphatic rings. The van der Waals surface area contributed by atoms with Gasteiger partial charge in [-0.3, -0.25) is 4.79 Å². The van der Waals surface area contributed by atoms with Crippen LogP contribution in [0.4, 0.5) is 0 Å². The highest BCUT2D eigenvalue weighted by Gasteiger charge is 2.17. The molecule has 2 N–H and O–H groups in total. The Bertz CT molecular complexity index is 384. The Balaban J connectivity index is 2.70. The van der Waals surface area contributed by atoms with Gasteiger partial charge in [0.1, 0.15) is 5.75 Å². The molecule has 0 aliphatic carbocycles.